The maximum Gasteiger partial charge on any atom is 0.216 e. The Balaban J connectivity index is 2.02. The monoisotopic (exact) mass is 396 g/mol. The van der Waals surface area contributed by atoms with Gasteiger partial charge < -0.3 is 4.57 Å². The second-order valence-electron chi connectivity index (χ2n) is 7.06. The third-order valence-corrected chi connectivity index (χ3v) is 6.32. The van der Waals surface area contributed by atoms with E-state index in [1.54, 1.807) is 41.9 Å². The molecule has 0 saturated carbocycles. The first-order chi connectivity index (χ1) is 13.2. The van der Waals surface area contributed by atoms with Crippen molar-refractivity contribution in [2.24, 2.45) is 12.2 Å². The molecule has 2 N–H and O–H groups in total. The van der Waals surface area contributed by atoms with Gasteiger partial charge in [-0.1, -0.05) is 54.6 Å². The van der Waals surface area contributed by atoms with Crippen LogP contribution in [0, 0.1) is 13.8 Å². The summed E-state index contributed by atoms with van der Waals surface area (Å²) in [4.78, 5) is 13.1. The normalized spacial score (nSPS) is 12.7. The highest BCUT2D eigenvalue weighted by Crippen LogP contribution is 2.28. The fourth-order valence-corrected chi connectivity index (χ4v) is 4.53. The molecule has 1 unspecified atom stereocenters. The van der Waals surface area contributed by atoms with Crippen LogP contribution in [0.4, 0.5) is 0 Å². The number of rotatable bonds is 6. The molecule has 6 heteroatoms. The summed E-state index contributed by atoms with van der Waals surface area (Å²) in [5.74, 6) is -0.0729. The summed E-state index contributed by atoms with van der Waals surface area (Å²) in [5.41, 5.74) is 4.30. The molecule has 1 aromatic heterocycles. The summed E-state index contributed by atoms with van der Waals surface area (Å²) >= 11 is 0. The lowest BCUT2D eigenvalue weighted by Gasteiger charge is -2.16. The smallest absolute Gasteiger partial charge is 0.216 e. The van der Waals surface area contributed by atoms with Crippen LogP contribution in [0.25, 0.3) is 0 Å². The molecule has 1 atom stereocenters. The predicted octanol–water partition coefficient (Wildman–Crippen LogP) is 3.45. The van der Waals surface area contributed by atoms with Crippen molar-refractivity contribution < 1.29 is 13.2 Å². The number of hydrogen-bond acceptors (Lipinski definition) is 3. The highest BCUT2D eigenvalue weighted by molar-refractivity contribution is 7.89. The number of nitrogens with two attached hydrogens (primary N) is 1. The number of hydrogen-bond donors (Lipinski definition) is 1. The van der Waals surface area contributed by atoms with Crippen molar-refractivity contribution in [2.45, 2.75) is 25.5 Å². The van der Waals surface area contributed by atoms with E-state index in [1.807, 2.05) is 44.2 Å². The van der Waals surface area contributed by atoms with Crippen molar-refractivity contribution in [1.82, 2.24) is 4.57 Å². The molecule has 3 aromatic rings. The number of benzene rings is 2. The minimum absolute atomic E-state index is 0.0729. The van der Waals surface area contributed by atoms with Gasteiger partial charge in [0.05, 0.1) is 5.69 Å². The lowest BCUT2D eigenvalue weighted by Crippen LogP contribution is -2.24. The van der Waals surface area contributed by atoms with Crippen LogP contribution in [0.2, 0.25) is 0 Å². The quantitative estimate of drug-likeness (QED) is 0.648. The Bertz CT molecular complexity index is 1120. The van der Waals surface area contributed by atoms with Gasteiger partial charge in [0.2, 0.25) is 15.8 Å². The second-order valence-corrected chi connectivity index (χ2v) is 8.81. The largest absolute Gasteiger partial charge is 0.345 e. The van der Waals surface area contributed by atoms with Crippen LogP contribution in [0.1, 0.15) is 43.7 Å². The van der Waals surface area contributed by atoms with Gasteiger partial charge >= 0.3 is 0 Å². The van der Waals surface area contributed by atoms with Crippen molar-refractivity contribution in [3.63, 3.8) is 0 Å². The molecular weight excluding hydrogens is 372 g/mol. The van der Waals surface area contributed by atoms with E-state index in [0.717, 1.165) is 16.8 Å². The van der Waals surface area contributed by atoms with Crippen LogP contribution >= 0.6 is 0 Å². The van der Waals surface area contributed by atoms with Crippen molar-refractivity contribution in [2.75, 3.05) is 0 Å². The molecule has 0 spiro atoms. The maximum atomic E-state index is 13.1. The molecule has 0 fully saturated rings. The highest BCUT2D eigenvalue weighted by Gasteiger charge is 2.27. The van der Waals surface area contributed by atoms with E-state index >= 15 is 0 Å². The van der Waals surface area contributed by atoms with Crippen molar-refractivity contribution in [1.29, 1.82) is 0 Å². The van der Waals surface area contributed by atoms with Crippen molar-refractivity contribution in [3.05, 3.63) is 94.3 Å². The van der Waals surface area contributed by atoms with Gasteiger partial charge in [0, 0.05) is 24.7 Å². The Kier molecular flexibility index (Phi) is 5.54. The minimum Gasteiger partial charge on any atom is -0.345 e. The molecule has 0 radical (unpaired) electrons. The van der Waals surface area contributed by atoms with Crippen LogP contribution in [-0.4, -0.2) is 18.8 Å². The van der Waals surface area contributed by atoms with E-state index in [4.69, 9.17) is 5.14 Å². The molecule has 0 bridgehead atoms. The number of aryl methyl sites for hydroxylation is 2. The van der Waals surface area contributed by atoms with E-state index in [1.165, 1.54) is 0 Å². The molecule has 1 heterocycles. The minimum atomic E-state index is -3.81. The average Bonchev–Trinajstić information content (AvgIpc) is 2.92. The van der Waals surface area contributed by atoms with Crippen molar-refractivity contribution >= 4 is 15.8 Å². The maximum absolute atomic E-state index is 13.1. The first-order valence-electron chi connectivity index (χ1n) is 9.02. The Morgan fingerprint density at radius 2 is 1.61 bits per heavy atom. The average molecular weight is 397 g/mol. The second kappa shape index (κ2) is 7.73. The first kappa shape index (κ1) is 20.0. The van der Waals surface area contributed by atoms with Gasteiger partial charge in [-0.15, -0.1) is 0 Å². The number of ketones is 1. The summed E-state index contributed by atoms with van der Waals surface area (Å²) in [5, 5.41) is 4.65. The molecule has 0 saturated heterocycles. The molecule has 0 aliphatic carbocycles. The molecular formula is C22H24N2O3S. The molecule has 28 heavy (non-hydrogen) atoms. The first-order valence-corrected chi connectivity index (χ1v) is 10.6. The summed E-state index contributed by atoms with van der Waals surface area (Å²) in [6, 6.07) is 18.2. The Hall–Kier alpha value is -2.70. The van der Waals surface area contributed by atoms with Gasteiger partial charge in [-0.3, -0.25) is 4.79 Å². The van der Waals surface area contributed by atoms with Gasteiger partial charge in [0.15, 0.2) is 0 Å². The molecule has 2 aromatic carbocycles. The molecule has 5 nitrogen and oxygen atoms in total. The highest BCUT2D eigenvalue weighted by atomic mass is 32.2. The summed E-state index contributed by atoms with van der Waals surface area (Å²) in [7, 11) is -2.02. The van der Waals surface area contributed by atoms with Crippen LogP contribution in [0.3, 0.4) is 0 Å². The van der Waals surface area contributed by atoms with Crippen LogP contribution in [0.5, 0.6) is 0 Å². The van der Waals surface area contributed by atoms with Gasteiger partial charge in [-0.05, 0) is 36.6 Å². The Labute approximate surface area is 165 Å². The summed E-state index contributed by atoms with van der Waals surface area (Å²) in [6.07, 6.45) is 0.196. The lowest BCUT2D eigenvalue weighted by atomic mass is 10.0. The third-order valence-electron chi connectivity index (χ3n) is 5.09. The van der Waals surface area contributed by atoms with E-state index in [0.29, 0.717) is 16.8 Å². The zero-order chi connectivity index (χ0) is 20.5. The number of primary sulfonamides is 1. The van der Waals surface area contributed by atoms with E-state index in [-0.39, 0.29) is 12.2 Å². The van der Waals surface area contributed by atoms with Crippen molar-refractivity contribution in [3.8, 4) is 0 Å². The van der Waals surface area contributed by atoms with E-state index < -0.39 is 15.3 Å². The van der Waals surface area contributed by atoms with Crippen LogP contribution in [-0.2, 0) is 23.5 Å². The fraction of sp³-hybridized carbons (Fsp3) is 0.227. The number of aromatic nitrogens is 1. The SMILES string of the molecule is Cc1ccccc1C(=O)c1c(C)cc(CC(c2ccccc2)S(N)(=O)=O)n1C. The molecule has 146 valence electrons. The predicted molar refractivity (Wildman–Crippen MR) is 111 cm³/mol. The van der Waals surface area contributed by atoms with Gasteiger partial charge in [0.25, 0.3) is 0 Å². The van der Waals surface area contributed by atoms with Gasteiger partial charge in [-0.25, -0.2) is 13.6 Å². The van der Waals surface area contributed by atoms with Gasteiger partial charge in [-0.2, -0.15) is 0 Å². The Morgan fingerprint density at radius 1 is 1.00 bits per heavy atom. The van der Waals surface area contributed by atoms with E-state index in [2.05, 4.69) is 0 Å². The van der Waals surface area contributed by atoms with Crippen LogP contribution < -0.4 is 5.14 Å². The number of carbonyl (C=O) groups excluding carboxylic acids is 1. The summed E-state index contributed by atoms with van der Waals surface area (Å²) in [6.45, 7) is 3.77. The number of sulfonamides is 1. The number of carbonyl (C=O) groups is 1. The van der Waals surface area contributed by atoms with E-state index in [9.17, 15) is 13.2 Å². The topological polar surface area (TPSA) is 82.2 Å². The van der Waals surface area contributed by atoms with Crippen LogP contribution in [0.15, 0.2) is 60.7 Å². The zero-order valence-electron chi connectivity index (χ0n) is 16.2. The Morgan fingerprint density at radius 3 is 2.21 bits per heavy atom. The fourth-order valence-electron chi connectivity index (χ4n) is 3.59. The molecule has 0 aliphatic rings. The standard InChI is InChI=1S/C22H24N2O3S/c1-15-9-7-8-12-19(15)22(25)21-16(2)13-18(24(21)3)14-20(28(23,26)27)17-10-5-4-6-11-17/h4-13,20H,14H2,1-3H3,(H2,23,26,27). The molecule has 0 aliphatic heterocycles. The molecule has 0 amide bonds. The molecule has 3 rings (SSSR count). The van der Waals surface area contributed by atoms with Gasteiger partial charge in [0.1, 0.15) is 5.25 Å². The summed E-state index contributed by atoms with van der Waals surface area (Å²) < 4.78 is 26.3. The third kappa shape index (κ3) is 3.93. The number of nitrogens with zero attached hydrogens (tertiary/aromatic N) is 1. The zero-order valence-corrected chi connectivity index (χ0v) is 17.0. The lowest BCUT2D eigenvalue weighted by molar-refractivity contribution is 0.103.